The Balaban J connectivity index is 2.83. The highest BCUT2D eigenvalue weighted by Crippen LogP contribution is 2.14. The Labute approximate surface area is 103 Å². The SMILES string of the molecule is COc1ccc(C[C@@H]([C@H](O)C(=O)O)[N+](=O)[O-])cc1. The second-order valence-corrected chi connectivity index (χ2v) is 3.69. The van der Waals surface area contributed by atoms with E-state index in [9.17, 15) is 20.0 Å². The van der Waals surface area contributed by atoms with Gasteiger partial charge in [0.1, 0.15) is 5.75 Å². The van der Waals surface area contributed by atoms with Crippen molar-refractivity contribution in [1.29, 1.82) is 0 Å². The van der Waals surface area contributed by atoms with E-state index >= 15 is 0 Å². The van der Waals surface area contributed by atoms with Gasteiger partial charge in [-0.05, 0) is 17.7 Å². The number of hydrogen-bond acceptors (Lipinski definition) is 5. The van der Waals surface area contributed by atoms with Crippen molar-refractivity contribution in [3.63, 3.8) is 0 Å². The topological polar surface area (TPSA) is 110 Å². The largest absolute Gasteiger partial charge is 0.497 e. The Morgan fingerprint density at radius 3 is 2.39 bits per heavy atom. The van der Waals surface area contributed by atoms with Gasteiger partial charge in [0.2, 0.25) is 6.10 Å². The summed E-state index contributed by atoms with van der Waals surface area (Å²) in [4.78, 5) is 20.5. The number of aliphatic carboxylic acids is 1. The van der Waals surface area contributed by atoms with Crippen molar-refractivity contribution in [3.8, 4) is 5.75 Å². The summed E-state index contributed by atoms with van der Waals surface area (Å²) in [5, 5.41) is 28.6. The second-order valence-electron chi connectivity index (χ2n) is 3.69. The van der Waals surface area contributed by atoms with Crippen molar-refractivity contribution in [2.75, 3.05) is 7.11 Å². The van der Waals surface area contributed by atoms with Gasteiger partial charge in [-0.2, -0.15) is 0 Å². The summed E-state index contributed by atoms with van der Waals surface area (Å²) in [5.74, 6) is -1.01. The van der Waals surface area contributed by atoms with Crippen LogP contribution in [0.1, 0.15) is 5.56 Å². The molecule has 0 aliphatic rings. The Morgan fingerprint density at radius 2 is 2.00 bits per heavy atom. The summed E-state index contributed by atoms with van der Waals surface area (Å²) in [5.41, 5.74) is 0.554. The zero-order valence-corrected chi connectivity index (χ0v) is 9.65. The lowest BCUT2D eigenvalue weighted by Crippen LogP contribution is -2.41. The van der Waals surface area contributed by atoms with Crippen LogP contribution >= 0.6 is 0 Å². The standard InChI is InChI=1S/C11H13NO6/c1-18-8-4-2-7(3-5-8)6-9(12(16)17)10(13)11(14)15/h2-5,9-10,13H,6H2,1H3,(H,14,15)/t9-,10-/m0/s1. The smallest absolute Gasteiger partial charge is 0.339 e. The Bertz CT molecular complexity index is 430. The Hall–Kier alpha value is -2.15. The van der Waals surface area contributed by atoms with Crippen molar-refractivity contribution in [3.05, 3.63) is 39.9 Å². The molecule has 1 aromatic carbocycles. The van der Waals surface area contributed by atoms with Crippen LogP contribution in [0, 0.1) is 10.1 Å². The normalized spacial score (nSPS) is 13.7. The van der Waals surface area contributed by atoms with E-state index in [1.54, 1.807) is 24.3 Å². The predicted molar refractivity (Wildman–Crippen MR) is 61.1 cm³/mol. The predicted octanol–water partition coefficient (Wildman–Crippen LogP) is 0.328. The van der Waals surface area contributed by atoms with E-state index in [1.807, 2.05) is 0 Å². The van der Waals surface area contributed by atoms with Gasteiger partial charge in [0.05, 0.1) is 7.11 Å². The van der Waals surface area contributed by atoms with E-state index in [-0.39, 0.29) is 6.42 Å². The highest BCUT2D eigenvalue weighted by Gasteiger charge is 2.35. The number of aliphatic hydroxyl groups is 1. The van der Waals surface area contributed by atoms with Gasteiger partial charge in [-0.1, -0.05) is 12.1 Å². The quantitative estimate of drug-likeness (QED) is 0.559. The second kappa shape index (κ2) is 5.97. The molecule has 0 bridgehead atoms. The molecule has 18 heavy (non-hydrogen) atoms. The van der Waals surface area contributed by atoms with Crippen molar-refractivity contribution in [1.82, 2.24) is 0 Å². The third kappa shape index (κ3) is 3.42. The first kappa shape index (κ1) is 13.9. The summed E-state index contributed by atoms with van der Waals surface area (Å²) < 4.78 is 4.93. The molecule has 0 spiro atoms. The third-order valence-electron chi connectivity index (χ3n) is 2.49. The number of carboxylic acid groups (broad SMARTS) is 1. The van der Waals surface area contributed by atoms with Crippen LogP contribution in [0.2, 0.25) is 0 Å². The molecule has 2 atom stereocenters. The molecule has 2 N–H and O–H groups in total. The van der Waals surface area contributed by atoms with Crippen molar-refractivity contribution in [2.24, 2.45) is 0 Å². The zero-order valence-electron chi connectivity index (χ0n) is 9.65. The molecule has 0 aliphatic heterocycles. The lowest BCUT2D eigenvalue weighted by Gasteiger charge is -2.12. The number of rotatable bonds is 6. The van der Waals surface area contributed by atoms with E-state index in [4.69, 9.17) is 9.84 Å². The number of nitro groups is 1. The molecular formula is C11H13NO6. The van der Waals surface area contributed by atoms with Gasteiger partial charge in [0, 0.05) is 11.3 Å². The van der Waals surface area contributed by atoms with E-state index in [1.165, 1.54) is 7.11 Å². The lowest BCUT2D eigenvalue weighted by atomic mass is 10.0. The molecule has 0 radical (unpaired) electrons. The van der Waals surface area contributed by atoms with Crippen LogP contribution in [-0.4, -0.2) is 40.4 Å². The summed E-state index contributed by atoms with van der Waals surface area (Å²) in [6, 6.07) is 4.82. The number of aliphatic hydroxyl groups excluding tert-OH is 1. The number of carbonyl (C=O) groups is 1. The average Bonchev–Trinajstić information content (AvgIpc) is 2.35. The maximum absolute atomic E-state index is 10.7. The van der Waals surface area contributed by atoms with Crippen LogP contribution in [-0.2, 0) is 11.2 Å². The van der Waals surface area contributed by atoms with Crippen LogP contribution in [0.3, 0.4) is 0 Å². The van der Waals surface area contributed by atoms with Gasteiger partial charge < -0.3 is 14.9 Å². The van der Waals surface area contributed by atoms with Gasteiger partial charge in [-0.25, -0.2) is 4.79 Å². The van der Waals surface area contributed by atoms with Gasteiger partial charge in [-0.15, -0.1) is 0 Å². The number of hydrogen-bond donors (Lipinski definition) is 2. The average molecular weight is 255 g/mol. The number of nitrogens with zero attached hydrogens (tertiary/aromatic N) is 1. The first-order chi connectivity index (χ1) is 8.45. The molecule has 0 fully saturated rings. The minimum atomic E-state index is -2.03. The Kier molecular flexibility index (Phi) is 4.61. The van der Waals surface area contributed by atoms with Gasteiger partial charge in [0.15, 0.2) is 0 Å². The lowest BCUT2D eigenvalue weighted by molar-refractivity contribution is -0.531. The minimum Gasteiger partial charge on any atom is -0.497 e. The van der Waals surface area contributed by atoms with Crippen LogP contribution < -0.4 is 4.74 Å². The van der Waals surface area contributed by atoms with Crippen molar-refractivity contribution in [2.45, 2.75) is 18.6 Å². The van der Waals surface area contributed by atoms with Crippen molar-refractivity contribution >= 4 is 5.97 Å². The monoisotopic (exact) mass is 255 g/mol. The number of methoxy groups -OCH3 is 1. The minimum absolute atomic E-state index is 0.162. The summed E-state index contributed by atoms with van der Waals surface area (Å²) >= 11 is 0. The molecule has 7 heteroatoms. The van der Waals surface area contributed by atoms with Gasteiger partial charge >= 0.3 is 5.97 Å². The summed E-state index contributed by atoms with van der Waals surface area (Å²) in [6.45, 7) is 0. The fraction of sp³-hybridized carbons (Fsp3) is 0.364. The number of ether oxygens (including phenoxy) is 1. The van der Waals surface area contributed by atoms with Crippen LogP contribution in [0.4, 0.5) is 0 Å². The third-order valence-corrected chi connectivity index (χ3v) is 2.49. The van der Waals surface area contributed by atoms with Crippen LogP contribution in [0.15, 0.2) is 24.3 Å². The molecular weight excluding hydrogens is 242 g/mol. The molecule has 1 aromatic rings. The number of carboxylic acids is 1. The molecule has 0 aromatic heterocycles. The van der Waals surface area contributed by atoms with Crippen LogP contribution in [0.5, 0.6) is 5.75 Å². The molecule has 0 heterocycles. The van der Waals surface area contributed by atoms with Gasteiger partial charge in [-0.3, -0.25) is 10.1 Å². The molecule has 0 aliphatic carbocycles. The first-order valence-corrected chi connectivity index (χ1v) is 5.13. The van der Waals surface area contributed by atoms with E-state index < -0.39 is 23.0 Å². The van der Waals surface area contributed by atoms with Gasteiger partial charge in [0.25, 0.3) is 6.04 Å². The van der Waals surface area contributed by atoms with E-state index in [0.29, 0.717) is 11.3 Å². The molecule has 0 amide bonds. The molecule has 0 saturated carbocycles. The van der Waals surface area contributed by atoms with Crippen molar-refractivity contribution < 1.29 is 24.7 Å². The molecule has 7 nitrogen and oxygen atoms in total. The zero-order chi connectivity index (χ0) is 13.7. The summed E-state index contributed by atoms with van der Waals surface area (Å²) in [7, 11) is 1.49. The molecule has 0 saturated heterocycles. The van der Waals surface area contributed by atoms with Crippen LogP contribution in [0.25, 0.3) is 0 Å². The van der Waals surface area contributed by atoms with E-state index in [0.717, 1.165) is 0 Å². The first-order valence-electron chi connectivity index (χ1n) is 5.13. The fourth-order valence-electron chi connectivity index (χ4n) is 1.47. The summed E-state index contributed by atoms with van der Waals surface area (Å²) in [6.07, 6.45) is -2.19. The molecule has 0 unspecified atom stereocenters. The van der Waals surface area contributed by atoms with E-state index in [2.05, 4.69) is 0 Å². The number of benzene rings is 1. The Morgan fingerprint density at radius 1 is 1.44 bits per heavy atom. The fourth-order valence-corrected chi connectivity index (χ4v) is 1.47. The highest BCUT2D eigenvalue weighted by molar-refractivity contribution is 5.72. The highest BCUT2D eigenvalue weighted by atomic mass is 16.6. The molecule has 98 valence electrons. The maximum Gasteiger partial charge on any atom is 0.339 e. The maximum atomic E-state index is 10.7. The molecule has 1 rings (SSSR count).